The van der Waals surface area contributed by atoms with Gasteiger partial charge in [-0.15, -0.1) is 0 Å². The molecule has 174 valence electrons. The zero-order valence-electron chi connectivity index (χ0n) is 20.0. The first-order valence-electron chi connectivity index (χ1n) is 11.4. The average Bonchev–Trinajstić information content (AvgIpc) is 3.25. The lowest BCUT2D eigenvalue weighted by Crippen LogP contribution is -2.34. The van der Waals surface area contributed by atoms with E-state index < -0.39 is 11.6 Å². The molecular formula is C26H32N4O3. The van der Waals surface area contributed by atoms with Crippen molar-refractivity contribution < 1.29 is 14.4 Å². The number of likely N-dealkylation sites (tertiary alicyclic amines) is 1. The maximum absolute atomic E-state index is 11.8. The number of piperidine rings is 1. The first kappa shape index (κ1) is 23.0. The third-order valence-corrected chi connectivity index (χ3v) is 6.30. The monoisotopic (exact) mass is 448 g/mol. The Hall–Kier alpha value is -3.19. The molecule has 1 aromatic heterocycles. The maximum Gasteiger partial charge on any atom is 0.352 e. The fourth-order valence-corrected chi connectivity index (χ4v) is 4.33. The normalized spacial score (nSPS) is 17.8. The predicted molar refractivity (Wildman–Crippen MR) is 130 cm³/mol. The van der Waals surface area contributed by atoms with Gasteiger partial charge in [-0.2, -0.15) is 0 Å². The summed E-state index contributed by atoms with van der Waals surface area (Å²) < 4.78 is 6.88. The summed E-state index contributed by atoms with van der Waals surface area (Å²) in [7, 11) is 3.53. The Kier molecular flexibility index (Phi) is 6.51. The Bertz CT molecular complexity index is 1180. The summed E-state index contributed by atoms with van der Waals surface area (Å²) in [5.74, 6) is 0.0912. The van der Waals surface area contributed by atoms with Crippen LogP contribution in [0, 0.1) is 0 Å². The van der Waals surface area contributed by atoms with Crippen molar-refractivity contribution in [2.24, 2.45) is 5.16 Å². The number of hydrogen-bond acceptors (Lipinski definition) is 6. The first-order valence-corrected chi connectivity index (χ1v) is 11.4. The van der Waals surface area contributed by atoms with Gasteiger partial charge in [-0.05, 0) is 83.0 Å². The topological polar surface area (TPSA) is 69.0 Å². The zero-order valence-corrected chi connectivity index (χ0v) is 20.0. The number of methoxy groups -OCH3 is 1. The first-order chi connectivity index (χ1) is 15.8. The van der Waals surface area contributed by atoms with E-state index in [1.165, 1.54) is 32.1 Å². The van der Waals surface area contributed by atoms with Crippen LogP contribution in [-0.4, -0.2) is 59.0 Å². The Labute approximate surface area is 195 Å². The summed E-state index contributed by atoms with van der Waals surface area (Å²) in [5.41, 5.74) is 4.78. The van der Waals surface area contributed by atoms with Crippen molar-refractivity contribution in [2.75, 3.05) is 27.2 Å². The molecule has 7 nitrogen and oxygen atoms in total. The second-order valence-corrected chi connectivity index (χ2v) is 9.28. The molecule has 1 aliphatic heterocycles. The molecule has 2 aromatic carbocycles. The minimum atomic E-state index is -1.15. The molecular weight excluding hydrogens is 416 g/mol. The van der Waals surface area contributed by atoms with E-state index in [2.05, 4.69) is 50.9 Å². The van der Waals surface area contributed by atoms with Crippen molar-refractivity contribution in [3.8, 4) is 5.69 Å². The highest BCUT2D eigenvalue weighted by Crippen LogP contribution is 2.28. The fourth-order valence-electron chi connectivity index (χ4n) is 4.33. The lowest BCUT2D eigenvalue weighted by molar-refractivity contribution is -0.165. The number of hydrogen-bond donors (Lipinski definition) is 0. The molecule has 1 aliphatic rings. The molecule has 0 bridgehead atoms. The molecule has 0 amide bonds. The summed E-state index contributed by atoms with van der Waals surface area (Å²) in [6.07, 6.45) is 4.34. The molecule has 1 unspecified atom stereocenters. The summed E-state index contributed by atoms with van der Waals surface area (Å²) in [6.45, 7) is 7.37. The fraction of sp³-hybridized carbons (Fsp3) is 0.423. The van der Waals surface area contributed by atoms with Crippen molar-refractivity contribution >= 4 is 22.7 Å². The van der Waals surface area contributed by atoms with Gasteiger partial charge in [0.2, 0.25) is 5.60 Å². The number of carbonyl (C=O) groups is 1. The average molecular weight is 449 g/mol. The van der Waals surface area contributed by atoms with Crippen molar-refractivity contribution in [3.05, 3.63) is 59.9 Å². The van der Waals surface area contributed by atoms with Crippen LogP contribution < -0.4 is 0 Å². The number of fused-ring (bicyclic) bond motifs is 1. The molecule has 1 fully saturated rings. The van der Waals surface area contributed by atoms with Crippen LogP contribution in [0.2, 0.25) is 0 Å². The van der Waals surface area contributed by atoms with Crippen molar-refractivity contribution in [1.29, 1.82) is 0 Å². The smallest absolute Gasteiger partial charge is 0.352 e. The van der Waals surface area contributed by atoms with Gasteiger partial charge in [0.15, 0.2) is 0 Å². The maximum atomic E-state index is 11.8. The molecule has 1 atom stereocenters. The number of nitrogens with zero attached hydrogens (tertiary/aromatic N) is 4. The van der Waals surface area contributed by atoms with E-state index in [1.54, 1.807) is 13.8 Å². The van der Waals surface area contributed by atoms with Crippen molar-refractivity contribution in [1.82, 2.24) is 14.5 Å². The number of benzene rings is 2. The van der Waals surface area contributed by atoms with E-state index in [1.807, 2.05) is 31.5 Å². The van der Waals surface area contributed by atoms with E-state index in [4.69, 9.17) is 9.57 Å². The van der Waals surface area contributed by atoms with Crippen LogP contribution in [-0.2, 0) is 14.4 Å². The molecule has 2 heterocycles. The van der Waals surface area contributed by atoms with Gasteiger partial charge < -0.3 is 14.5 Å². The number of imidazole rings is 1. The Balaban J connectivity index is 1.58. The van der Waals surface area contributed by atoms with Gasteiger partial charge in [0, 0.05) is 17.8 Å². The molecule has 4 rings (SSSR count). The van der Waals surface area contributed by atoms with Crippen LogP contribution in [0.5, 0.6) is 0 Å². The second-order valence-electron chi connectivity index (χ2n) is 9.28. The molecule has 7 heteroatoms. The van der Waals surface area contributed by atoms with Crippen molar-refractivity contribution in [2.45, 2.75) is 45.1 Å². The van der Waals surface area contributed by atoms with Gasteiger partial charge in [0.1, 0.15) is 6.33 Å². The van der Waals surface area contributed by atoms with Gasteiger partial charge in [0.25, 0.3) is 0 Å². The molecule has 0 saturated carbocycles. The zero-order chi connectivity index (χ0) is 23.6. The standard InChI is InChI=1S/C26H32N4O3/c1-18(28-33-26(2,3)25(31)32-5)19-11-12-24-23(15-19)27-17-30(24)22-10-6-8-20(14-22)21-9-7-13-29(4)16-21/h6,8,10-12,14-15,17,21H,7,9,13,16H2,1-5H3. The van der Waals surface area contributed by atoms with E-state index in [-0.39, 0.29) is 0 Å². The molecule has 0 radical (unpaired) electrons. The number of aromatic nitrogens is 2. The summed E-state index contributed by atoms with van der Waals surface area (Å²) in [5, 5.41) is 4.15. The number of carbonyl (C=O) groups excluding carboxylic acids is 1. The minimum absolute atomic E-state index is 0.477. The van der Waals surface area contributed by atoms with E-state index in [9.17, 15) is 4.79 Å². The molecule has 3 aromatic rings. The lowest BCUT2D eigenvalue weighted by atomic mass is 9.90. The van der Waals surface area contributed by atoms with E-state index in [0.717, 1.165) is 28.8 Å². The van der Waals surface area contributed by atoms with Gasteiger partial charge >= 0.3 is 5.97 Å². The minimum Gasteiger partial charge on any atom is -0.466 e. The molecule has 0 aliphatic carbocycles. The van der Waals surface area contributed by atoms with Crippen LogP contribution >= 0.6 is 0 Å². The molecule has 0 N–H and O–H groups in total. The Morgan fingerprint density at radius 1 is 1.21 bits per heavy atom. The van der Waals surface area contributed by atoms with E-state index in [0.29, 0.717) is 11.6 Å². The highest BCUT2D eigenvalue weighted by atomic mass is 16.7. The number of oxime groups is 1. The highest BCUT2D eigenvalue weighted by molar-refractivity contribution is 6.01. The summed E-state index contributed by atoms with van der Waals surface area (Å²) >= 11 is 0. The van der Waals surface area contributed by atoms with E-state index >= 15 is 0 Å². The van der Waals surface area contributed by atoms with Crippen LogP contribution in [0.1, 0.15) is 50.7 Å². The number of rotatable bonds is 6. The Morgan fingerprint density at radius 3 is 2.79 bits per heavy atom. The van der Waals surface area contributed by atoms with Crippen LogP contribution in [0.3, 0.4) is 0 Å². The molecule has 33 heavy (non-hydrogen) atoms. The summed E-state index contributed by atoms with van der Waals surface area (Å²) in [4.78, 5) is 24.3. The highest BCUT2D eigenvalue weighted by Gasteiger charge is 2.31. The third-order valence-electron chi connectivity index (χ3n) is 6.30. The number of esters is 1. The van der Waals surface area contributed by atoms with Gasteiger partial charge in [-0.3, -0.25) is 4.57 Å². The summed E-state index contributed by atoms with van der Waals surface area (Å²) in [6, 6.07) is 14.8. The lowest BCUT2D eigenvalue weighted by Gasteiger charge is -2.30. The second kappa shape index (κ2) is 9.35. The van der Waals surface area contributed by atoms with Crippen LogP contribution in [0.4, 0.5) is 0 Å². The molecule has 0 spiro atoms. The number of likely N-dealkylation sites (N-methyl/N-ethyl adjacent to an activating group) is 1. The SMILES string of the molecule is COC(=O)C(C)(C)ON=C(C)c1ccc2c(c1)ncn2-c1cccc(C2CCCN(C)C2)c1. The van der Waals surface area contributed by atoms with Gasteiger partial charge in [0.05, 0.1) is 23.9 Å². The number of ether oxygens (including phenoxy) is 1. The van der Waals surface area contributed by atoms with Crippen molar-refractivity contribution in [3.63, 3.8) is 0 Å². The largest absolute Gasteiger partial charge is 0.466 e. The predicted octanol–water partition coefficient (Wildman–Crippen LogP) is 4.53. The quantitative estimate of drug-likeness (QED) is 0.315. The Morgan fingerprint density at radius 2 is 2.03 bits per heavy atom. The van der Waals surface area contributed by atoms with Gasteiger partial charge in [-0.1, -0.05) is 23.4 Å². The van der Waals surface area contributed by atoms with Gasteiger partial charge in [-0.25, -0.2) is 9.78 Å². The molecule has 1 saturated heterocycles. The third kappa shape index (κ3) is 4.93. The van der Waals surface area contributed by atoms with Crippen LogP contribution in [0.15, 0.2) is 53.9 Å². The van der Waals surface area contributed by atoms with Crippen LogP contribution in [0.25, 0.3) is 16.7 Å².